The molecule has 42 heavy (non-hydrogen) atoms. The SMILES string of the molecule is O=C(Cn1[nH]c(=O)c2ccccc2c1=O)O[C@@H](Cc1c(Cl)c[nH+]cc1Cl)c1ccc(OC(F)F)c(OCC2CC2)c1.[OH-]. The number of carbonyl (C=O) groups is 1. The number of H-pyrrole nitrogens is 2. The van der Waals surface area contributed by atoms with Crippen LogP contribution in [0, 0.1) is 5.92 Å². The second-order valence-corrected chi connectivity index (χ2v) is 10.3. The molecule has 1 fully saturated rings. The lowest BCUT2D eigenvalue weighted by Gasteiger charge is -2.21. The van der Waals surface area contributed by atoms with E-state index in [-0.39, 0.29) is 44.2 Å². The number of nitrogens with zero attached hydrogens (tertiary/aromatic N) is 1. The Morgan fingerprint density at radius 1 is 1.05 bits per heavy atom. The van der Waals surface area contributed by atoms with E-state index >= 15 is 0 Å². The molecule has 1 aliphatic carbocycles. The second-order valence-electron chi connectivity index (χ2n) is 9.53. The quantitative estimate of drug-likeness (QED) is 0.241. The van der Waals surface area contributed by atoms with Crippen molar-refractivity contribution in [1.29, 1.82) is 0 Å². The number of carbonyl (C=O) groups excluding carboxylic acids is 1. The zero-order valence-electron chi connectivity index (χ0n) is 21.8. The summed E-state index contributed by atoms with van der Waals surface area (Å²) in [5.74, 6) is -0.636. The van der Waals surface area contributed by atoms with E-state index in [9.17, 15) is 23.2 Å². The molecule has 1 atom stereocenters. The number of rotatable bonds is 11. The first-order valence-electron chi connectivity index (χ1n) is 12.7. The van der Waals surface area contributed by atoms with Crippen molar-refractivity contribution in [3.05, 3.63) is 96.7 Å². The minimum atomic E-state index is -3.07. The number of hydrogen-bond donors (Lipinski definition) is 1. The van der Waals surface area contributed by atoms with Crippen LogP contribution in [0.2, 0.25) is 10.0 Å². The third-order valence-electron chi connectivity index (χ3n) is 6.56. The van der Waals surface area contributed by atoms with Gasteiger partial charge >= 0.3 is 12.6 Å². The van der Waals surface area contributed by atoms with Crippen LogP contribution in [0.4, 0.5) is 8.78 Å². The number of hydrogen-bond acceptors (Lipinski definition) is 7. The molecule has 1 saturated carbocycles. The van der Waals surface area contributed by atoms with Crippen molar-refractivity contribution in [2.24, 2.45) is 5.92 Å². The van der Waals surface area contributed by atoms with Crippen LogP contribution >= 0.6 is 23.2 Å². The highest BCUT2D eigenvalue weighted by Gasteiger charge is 2.26. The summed E-state index contributed by atoms with van der Waals surface area (Å²) >= 11 is 12.7. The maximum atomic E-state index is 13.1. The summed E-state index contributed by atoms with van der Waals surface area (Å²) in [6.45, 7) is -3.35. The van der Waals surface area contributed by atoms with E-state index in [1.54, 1.807) is 12.1 Å². The van der Waals surface area contributed by atoms with Crippen LogP contribution in [-0.2, 0) is 22.5 Å². The third kappa shape index (κ3) is 7.25. The van der Waals surface area contributed by atoms with Crippen LogP contribution in [0.25, 0.3) is 10.8 Å². The Labute approximate surface area is 247 Å². The lowest BCUT2D eigenvalue weighted by molar-refractivity contribution is -0.377. The van der Waals surface area contributed by atoms with Crippen molar-refractivity contribution in [3.8, 4) is 11.5 Å². The molecule has 0 spiro atoms. The van der Waals surface area contributed by atoms with Gasteiger partial charge in [0.15, 0.2) is 23.9 Å². The summed E-state index contributed by atoms with van der Waals surface area (Å²) < 4.78 is 43.2. The van der Waals surface area contributed by atoms with E-state index in [4.69, 9.17) is 32.7 Å². The molecule has 0 unspecified atom stereocenters. The highest BCUT2D eigenvalue weighted by Crippen LogP contribution is 2.37. The third-order valence-corrected chi connectivity index (χ3v) is 7.23. The molecule has 0 amide bonds. The molecule has 2 heterocycles. The maximum absolute atomic E-state index is 13.1. The van der Waals surface area contributed by atoms with Crippen molar-refractivity contribution in [1.82, 2.24) is 9.78 Å². The minimum absolute atomic E-state index is 0. The average molecular weight is 624 g/mol. The summed E-state index contributed by atoms with van der Waals surface area (Å²) in [4.78, 5) is 41.3. The first-order chi connectivity index (χ1) is 19.7. The summed E-state index contributed by atoms with van der Waals surface area (Å²) in [6, 6.07) is 10.4. The molecule has 0 saturated heterocycles. The number of pyridine rings is 1. The van der Waals surface area contributed by atoms with Gasteiger partial charge in [0.05, 0.1) is 17.4 Å². The van der Waals surface area contributed by atoms with E-state index in [2.05, 4.69) is 14.8 Å². The van der Waals surface area contributed by atoms with Crippen molar-refractivity contribution in [2.45, 2.75) is 38.5 Å². The summed E-state index contributed by atoms with van der Waals surface area (Å²) in [5, 5.41) is 3.28. The number of aromatic nitrogens is 3. The van der Waals surface area contributed by atoms with E-state index in [0.717, 1.165) is 17.5 Å². The summed E-state index contributed by atoms with van der Waals surface area (Å²) in [7, 11) is 0. The van der Waals surface area contributed by atoms with Gasteiger partial charge < -0.3 is 19.7 Å². The Bertz CT molecular complexity index is 1690. The maximum Gasteiger partial charge on any atom is 0.387 e. The van der Waals surface area contributed by atoms with Crippen LogP contribution in [0.15, 0.2) is 64.4 Å². The van der Waals surface area contributed by atoms with Gasteiger partial charge in [-0.05, 0) is 48.6 Å². The predicted octanol–water partition coefficient (Wildman–Crippen LogP) is 4.55. The number of nitrogens with one attached hydrogen (secondary N) is 2. The number of aromatic amines is 2. The fourth-order valence-corrected chi connectivity index (χ4v) is 4.82. The van der Waals surface area contributed by atoms with E-state index < -0.39 is 36.3 Å². The van der Waals surface area contributed by atoms with Crippen LogP contribution in [-0.4, -0.2) is 34.4 Å². The van der Waals surface area contributed by atoms with Gasteiger partial charge in [-0.25, -0.2) is 9.67 Å². The van der Waals surface area contributed by atoms with Gasteiger partial charge in [0, 0.05) is 12.0 Å². The van der Waals surface area contributed by atoms with Gasteiger partial charge in [-0.15, -0.1) is 0 Å². The molecular weight excluding hydrogens is 599 g/mol. The molecular formula is C28H25Cl2F2N3O7. The molecule has 0 radical (unpaired) electrons. The number of esters is 1. The van der Waals surface area contributed by atoms with Gasteiger partial charge in [0.25, 0.3) is 11.1 Å². The minimum Gasteiger partial charge on any atom is -0.870 e. The highest BCUT2D eigenvalue weighted by molar-refractivity contribution is 6.35. The predicted molar refractivity (Wildman–Crippen MR) is 148 cm³/mol. The van der Waals surface area contributed by atoms with Crippen molar-refractivity contribution < 1.29 is 38.2 Å². The van der Waals surface area contributed by atoms with Gasteiger partial charge in [-0.3, -0.25) is 19.5 Å². The molecule has 222 valence electrons. The molecule has 0 bridgehead atoms. The van der Waals surface area contributed by atoms with Gasteiger partial charge in [-0.1, -0.05) is 41.4 Å². The Morgan fingerprint density at radius 3 is 2.40 bits per heavy atom. The Kier molecular flexibility index (Phi) is 9.81. The zero-order valence-corrected chi connectivity index (χ0v) is 23.3. The molecule has 2 aromatic heterocycles. The lowest BCUT2D eigenvalue weighted by atomic mass is 10.0. The lowest BCUT2D eigenvalue weighted by Crippen LogP contribution is -2.33. The van der Waals surface area contributed by atoms with Crippen molar-refractivity contribution >= 4 is 39.9 Å². The summed E-state index contributed by atoms with van der Waals surface area (Å²) in [5.41, 5.74) is -0.294. The molecule has 2 aromatic carbocycles. The largest absolute Gasteiger partial charge is 0.870 e. The highest BCUT2D eigenvalue weighted by atomic mass is 35.5. The molecule has 5 rings (SSSR count). The number of halogens is 4. The summed E-state index contributed by atoms with van der Waals surface area (Å²) in [6.07, 6.45) is 3.92. The smallest absolute Gasteiger partial charge is 0.387 e. The number of ether oxygens (including phenoxy) is 3. The zero-order chi connectivity index (χ0) is 29.1. The Hall–Kier alpha value is -4.00. The van der Waals surface area contributed by atoms with Crippen LogP contribution in [0.1, 0.15) is 30.1 Å². The molecule has 10 nitrogen and oxygen atoms in total. The van der Waals surface area contributed by atoms with Crippen LogP contribution < -0.4 is 25.6 Å². The van der Waals surface area contributed by atoms with Crippen molar-refractivity contribution in [2.75, 3.05) is 6.61 Å². The fraction of sp³-hybridized carbons (Fsp3) is 0.286. The van der Waals surface area contributed by atoms with E-state index in [1.807, 2.05) is 0 Å². The van der Waals surface area contributed by atoms with Gasteiger partial charge in [0.1, 0.15) is 22.7 Å². The number of fused-ring (bicyclic) bond motifs is 1. The molecule has 3 N–H and O–H groups in total. The first kappa shape index (κ1) is 30.9. The average Bonchev–Trinajstić information content (AvgIpc) is 3.77. The normalized spacial score (nSPS) is 13.5. The number of benzene rings is 2. The fourth-order valence-electron chi connectivity index (χ4n) is 4.29. The Balaban J connectivity index is 0.00000405. The molecule has 4 aromatic rings. The topological polar surface area (TPSA) is 144 Å². The van der Waals surface area contributed by atoms with Gasteiger partial charge in [-0.2, -0.15) is 8.78 Å². The van der Waals surface area contributed by atoms with Crippen molar-refractivity contribution in [3.63, 3.8) is 0 Å². The van der Waals surface area contributed by atoms with Crippen LogP contribution in [0.3, 0.4) is 0 Å². The monoisotopic (exact) mass is 623 g/mol. The second kappa shape index (κ2) is 13.3. The van der Waals surface area contributed by atoms with Crippen LogP contribution in [0.5, 0.6) is 11.5 Å². The van der Waals surface area contributed by atoms with E-state index in [1.165, 1.54) is 42.7 Å². The number of alkyl halides is 2. The first-order valence-corrected chi connectivity index (χ1v) is 13.4. The van der Waals surface area contributed by atoms with Gasteiger partial charge in [0.2, 0.25) is 0 Å². The Morgan fingerprint density at radius 2 is 1.74 bits per heavy atom. The standard InChI is InChI=1S/C28H23Cl2F2N3O6.H2O/c29-20-11-33-12-21(30)19(20)10-23(16-7-8-22(41-28(31)32)24(9-16)39-14-15-5-6-15)40-25(36)13-35-27(38)18-4-2-1-3-17(18)26(37)34-35;/h1-4,7-9,11-12,15,23,28H,5-6,10,13-14H2,(H,34,37);1H2/t23-;/m0./s1. The van der Waals surface area contributed by atoms with E-state index in [0.29, 0.717) is 23.7 Å². The molecule has 0 aliphatic heterocycles. The molecule has 1 aliphatic rings. The molecule has 14 heteroatoms.